The van der Waals surface area contributed by atoms with E-state index in [9.17, 15) is 0 Å². The Morgan fingerprint density at radius 1 is 0.268 bits per heavy atom. The zero-order valence-electron chi connectivity index (χ0n) is 69.1. The number of fused-ring (bicyclic) bond motifs is 22. The van der Waals surface area contributed by atoms with Gasteiger partial charge in [-0.3, -0.25) is 0 Å². The summed E-state index contributed by atoms with van der Waals surface area (Å²) in [5, 5.41) is 3.46. The highest BCUT2D eigenvalue weighted by Crippen LogP contribution is 2.66. The molecule has 6 heterocycles. The molecule has 594 valence electrons. The Labute approximate surface area is 734 Å². The molecule has 2 spiro atoms. The third-order valence-corrected chi connectivity index (χ3v) is 26.6. The van der Waals surface area contributed by atoms with Crippen LogP contribution in [0.15, 0.2) is 425 Å². The maximum atomic E-state index is 6.83. The Morgan fingerprint density at radius 2 is 0.638 bits per heavy atom. The topological polar surface area (TPSA) is 92.8 Å². The standard InChI is InChI=1S/C118H75N7O2/c1-3-4-51-101-73(2)109-86(39-28-53-103(109)124(101)82-69-67-77(68-70-82)76-59-63-79(64-60-76)100-72-99(78-32-9-6-10-33-78)119-115(120-100)91-43-26-41-88-84-36-11-14-45-93(84)117(111(88)91)95-47-16-21-55-105(95)126-106-56-22-17-48-96(106)117)87-40-29-54-104-110(87)90-38-13-20-52-102(90)125(104)83-35-25-34-81(71-83)114-121-113(80-65-61-75(62-66-80)74-30-7-5-8-31-74)122-116(123-114)92-44-27-42-89-85-37-12-15-46-94(85)118(112(89)92)97-49-18-23-57-107(97)127-108-58-24-19-50-98(108)118/h3-72H,1H2,2H3/b51-4-. The van der Waals surface area contributed by atoms with Crippen molar-refractivity contribution < 1.29 is 9.47 Å². The van der Waals surface area contributed by atoms with E-state index < -0.39 is 10.8 Å². The summed E-state index contributed by atoms with van der Waals surface area (Å²) in [5.41, 5.74) is 33.5. The molecule has 0 amide bonds. The molecule has 0 saturated heterocycles. The van der Waals surface area contributed by atoms with Gasteiger partial charge in [-0.05, 0) is 169 Å². The van der Waals surface area contributed by atoms with Gasteiger partial charge in [0.05, 0.1) is 38.8 Å². The van der Waals surface area contributed by atoms with Crippen molar-refractivity contribution in [2.45, 2.75) is 17.8 Å². The number of nitrogens with zero attached hydrogens (tertiary/aromatic N) is 7. The van der Waals surface area contributed by atoms with Gasteiger partial charge in [-0.2, -0.15) is 0 Å². The lowest BCUT2D eigenvalue weighted by Gasteiger charge is -2.40. The van der Waals surface area contributed by atoms with Gasteiger partial charge < -0.3 is 18.6 Å². The first-order valence-electron chi connectivity index (χ1n) is 43.2. The van der Waals surface area contributed by atoms with Gasteiger partial charge in [0.25, 0.3) is 0 Å². The molecule has 4 aliphatic rings. The fourth-order valence-corrected chi connectivity index (χ4v) is 21.2. The van der Waals surface area contributed by atoms with E-state index in [1.54, 1.807) is 0 Å². The van der Waals surface area contributed by atoms with Gasteiger partial charge in [-0.25, -0.2) is 24.9 Å². The van der Waals surface area contributed by atoms with E-state index in [0.29, 0.717) is 23.3 Å². The third-order valence-electron chi connectivity index (χ3n) is 26.6. The van der Waals surface area contributed by atoms with E-state index in [4.69, 9.17) is 34.4 Å². The monoisotopic (exact) mass is 1620 g/mol. The number of aromatic nitrogens is 7. The Kier molecular flexibility index (Phi) is 16.6. The average Bonchev–Trinajstić information content (AvgIpc) is 1.53. The summed E-state index contributed by atoms with van der Waals surface area (Å²) in [6, 6.07) is 145. The minimum absolute atomic E-state index is 0.552. The van der Waals surface area contributed by atoms with Crippen molar-refractivity contribution in [2.24, 2.45) is 0 Å². The molecule has 25 rings (SSSR count). The normalized spacial score (nSPS) is 13.2. The zero-order valence-corrected chi connectivity index (χ0v) is 69.1. The Bertz CT molecular complexity index is 8070. The Morgan fingerprint density at radius 3 is 1.19 bits per heavy atom. The predicted molar refractivity (Wildman–Crippen MR) is 514 cm³/mol. The van der Waals surface area contributed by atoms with Crippen LogP contribution < -0.4 is 9.47 Å². The van der Waals surface area contributed by atoms with Crippen molar-refractivity contribution in [2.75, 3.05) is 0 Å². The number of aryl methyl sites for hydroxylation is 1. The molecule has 2 aliphatic heterocycles. The van der Waals surface area contributed by atoms with Gasteiger partial charge in [0.1, 0.15) is 23.0 Å². The number of rotatable bonds is 13. The van der Waals surface area contributed by atoms with Crippen LogP contribution in [0.2, 0.25) is 0 Å². The molecule has 17 aromatic carbocycles. The highest BCUT2D eigenvalue weighted by molar-refractivity contribution is 6.19. The zero-order chi connectivity index (χ0) is 84.0. The SMILES string of the molecule is C=C/C=C\c1c(C)c2c(-c3cccc4c3c3ccccc3n4-c3cccc(-c4nc(-c5ccc(-c6ccccc6)cc5)nc(-c5cccc6c5C5(c7ccccc7Oc7ccccc75)c5ccccc5-6)n4)c3)cccc2n1-c1ccc(-c2ccc(-c3cc(-c4ccccc4)nc(-c4cccc5c4C4(c6ccccc6Oc6ccccc64)c4ccccc4-5)n3)cc2)cc1. The number of benzene rings is 17. The van der Waals surface area contributed by atoms with Crippen LogP contribution in [-0.2, 0) is 10.8 Å². The summed E-state index contributed by atoms with van der Waals surface area (Å²) in [7, 11) is 0. The highest BCUT2D eigenvalue weighted by atomic mass is 16.5. The number of ether oxygens (including phenoxy) is 2. The molecule has 127 heavy (non-hydrogen) atoms. The highest BCUT2D eigenvalue weighted by Gasteiger charge is 2.54. The molecule has 0 saturated carbocycles. The summed E-state index contributed by atoms with van der Waals surface area (Å²) in [4.78, 5) is 27.9. The Hall–Kier alpha value is -16.8. The molecule has 9 nitrogen and oxygen atoms in total. The van der Waals surface area contributed by atoms with Crippen LogP contribution in [0.1, 0.15) is 55.8 Å². The molecule has 4 aromatic heterocycles. The van der Waals surface area contributed by atoms with Crippen LogP contribution in [-0.4, -0.2) is 34.1 Å². The second kappa shape index (κ2) is 29.0. The molecular formula is C118H75N7O2. The lowest BCUT2D eigenvalue weighted by molar-refractivity contribution is 0.436. The summed E-state index contributed by atoms with van der Waals surface area (Å²) >= 11 is 0. The fourth-order valence-electron chi connectivity index (χ4n) is 21.2. The largest absolute Gasteiger partial charge is 0.457 e. The first-order chi connectivity index (χ1) is 62.8. The molecule has 0 N–H and O–H groups in total. The first kappa shape index (κ1) is 73.0. The summed E-state index contributed by atoms with van der Waals surface area (Å²) in [6.07, 6.45) is 6.09. The van der Waals surface area contributed by atoms with Crippen LogP contribution in [0.25, 0.3) is 174 Å². The van der Waals surface area contributed by atoms with Crippen LogP contribution in [0.5, 0.6) is 23.0 Å². The van der Waals surface area contributed by atoms with Crippen LogP contribution in [0.3, 0.4) is 0 Å². The lowest BCUT2D eigenvalue weighted by Crippen LogP contribution is -2.32. The summed E-state index contributed by atoms with van der Waals surface area (Å²) in [5.74, 6) is 5.64. The maximum Gasteiger partial charge on any atom is 0.164 e. The summed E-state index contributed by atoms with van der Waals surface area (Å²) < 4.78 is 18.4. The number of allylic oxidation sites excluding steroid dienone is 2. The Balaban J connectivity index is 0.582. The van der Waals surface area contributed by atoms with Crippen molar-refractivity contribution in [3.8, 4) is 158 Å². The quantitative estimate of drug-likeness (QED) is 0.106. The first-order valence-corrected chi connectivity index (χ1v) is 43.2. The van der Waals surface area contributed by atoms with E-state index in [1.165, 1.54) is 22.1 Å². The number of hydrogen-bond donors (Lipinski definition) is 0. The molecule has 21 aromatic rings. The van der Waals surface area contributed by atoms with Crippen LogP contribution >= 0.6 is 0 Å². The van der Waals surface area contributed by atoms with Crippen LogP contribution in [0, 0.1) is 6.92 Å². The van der Waals surface area contributed by atoms with Gasteiger partial charge in [0.15, 0.2) is 23.3 Å². The van der Waals surface area contributed by atoms with Gasteiger partial charge >= 0.3 is 0 Å². The van der Waals surface area contributed by atoms with E-state index >= 15 is 0 Å². The van der Waals surface area contributed by atoms with Gasteiger partial charge in [0, 0.05) is 88.9 Å². The molecule has 2 aliphatic carbocycles. The van der Waals surface area contributed by atoms with E-state index in [2.05, 4.69) is 435 Å². The van der Waals surface area contributed by atoms with Gasteiger partial charge in [-0.15, -0.1) is 0 Å². The smallest absolute Gasteiger partial charge is 0.164 e. The second-order valence-corrected chi connectivity index (χ2v) is 33.2. The van der Waals surface area contributed by atoms with Crippen molar-refractivity contribution in [1.29, 1.82) is 0 Å². The van der Waals surface area contributed by atoms with Gasteiger partial charge in [0.2, 0.25) is 0 Å². The van der Waals surface area contributed by atoms with Crippen molar-refractivity contribution >= 4 is 38.8 Å². The number of hydrogen-bond acceptors (Lipinski definition) is 7. The van der Waals surface area contributed by atoms with E-state index in [-0.39, 0.29) is 0 Å². The molecule has 0 radical (unpaired) electrons. The molecule has 0 atom stereocenters. The predicted octanol–water partition coefficient (Wildman–Crippen LogP) is 29.2. The second-order valence-electron chi connectivity index (χ2n) is 33.2. The minimum Gasteiger partial charge on any atom is -0.457 e. The minimum atomic E-state index is -0.775. The molecule has 0 unspecified atom stereocenters. The average molecular weight is 1620 g/mol. The maximum absolute atomic E-state index is 6.83. The molecule has 0 fully saturated rings. The molecule has 9 heteroatoms. The van der Waals surface area contributed by atoms with Crippen LogP contribution in [0.4, 0.5) is 0 Å². The van der Waals surface area contributed by atoms with Gasteiger partial charge in [-0.1, -0.05) is 352 Å². The summed E-state index contributed by atoms with van der Waals surface area (Å²) in [6.45, 7) is 6.42. The van der Waals surface area contributed by atoms with Crippen molar-refractivity contribution in [3.05, 3.63) is 481 Å². The van der Waals surface area contributed by atoms with Crippen molar-refractivity contribution in [3.63, 3.8) is 0 Å². The molecular weight excluding hydrogens is 1550 g/mol. The fraction of sp³-hybridized carbons (Fsp3) is 0.0254. The van der Waals surface area contributed by atoms with E-state index in [1.807, 2.05) is 12.2 Å². The van der Waals surface area contributed by atoms with E-state index in [0.717, 1.165) is 201 Å². The third kappa shape index (κ3) is 11.1. The van der Waals surface area contributed by atoms with Crippen molar-refractivity contribution in [1.82, 2.24) is 34.1 Å². The molecule has 0 bridgehead atoms. The number of para-hydroxylation sites is 5. The lowest BCUT2D eigenvalue weighted by atomic mass is 9.65.